The molecule has 0 amide bonds. The molecule has 4 aliphatic rings. The Morgan fingerprint density at radius 3 is 2.52 bits per heavy atom. The van der Waals surface area contributed by atoms with Gasteiger partial charge in [0.1, 0.15) is 0 Å². The number of hydrazone groups is 1. The molecule has 0 atom stereocenters. The number of nitrogens with one attached hydrogen (secondary N) is 2. The molecule has 0 heterocycles. The van der Waals surface area contributed by atoms with Crippen LogP contribution in [0.1, 0.15) is 44.1 Å². The summed E-state index contributed by atoms with van der Waals surface area (Å²) in [6, 6.07) is 3.63. The Morgan fingerprint density at radius 1 is 1.29 bits per heavy atom. The number of esters is 1. The molecular weight excluding hydrogens is 478 g/mol. The van der Waals surface area contributed by atoms with E-state index in [2.05, 4.69) is 38.4 Å². The van der Waals surface area contributed by atoms with Crippen LogP contribution < -0.4 is 20.2 Å². The third-order valence-electron chi connectivity index (χ3n) is 6.70. The lowest BCUT2D eigenvalue weighted by atomic mass is 9.49. The van der Waals surface area contributed by atoms with E-state index in [4.69, 9.17) is 21.7 Å². The summed E-state index contributed by atoms with van der Waals surface area (Å²) in [6.45, 7) is 4.19. The van der Waals surface area contributed by atoms with E-state index in [1.165, 1.54) is 19.3 Å². The number of hydrogen-bond donors (Lipinski definition) is 2. The molecule has 0 radical (unpaired) electrons. The van der Waals surface area contributed by atoms with Crippen LogP contribution in [0.3, 0.4) is 0 Å². The molecule has 0 aromatic heterocycles. The van der Waals surface area contributed by atoms with Crippen molar-refractivity contribution >= 4 is 45.4 Å². The summed E-state index contributed by atoms with van der Waals surface area (Å²) >= 11 is 8.65. The van der Waals surface area contributed by atoms with Gasteiger partial charge in [0, 0.05) is 6.54 Å². The summed E-state index contributed by atoms with van der Waals surface area (Å²) in [7, 11) is 1.57. The zero-order chi connectivity index (χ0) is 22.0. The second kappa shape index (κ2) is 9.28. The largest absolute Gasteiger partial charge is 0.493 e. The van der Waals surface area contributed by atoms with Crippen LogP contribution in [0.2, 0.25) is 0 Å². The monoisotopic (exact) mass is 505 g/mol. The summed E-state index contributed by atoms with van der Waals surface area (Å²) in [5.41, 5.74) is 3.20. The van der Waals surface area contributed by atoms with Crippen molar-refractivity contribution in [1.29, 1.82) is 0 Å². The van der Waals surface area contributed by atoms with Gasteiger partial charge < -0.3 is 14.8 Å². The highest BCUT2D eigenvalue weighted by Gasteiger charge is 2.55. The van der Waals surface area contributed by atoms with E-state index in [1.807, 2.05) is 6.07 Å². The summed E-state index contributed by atoms with van der Waals surface area (Å²) in [4.78, 5) is 13.3. The number of hydrogen-bond acceptors (Lipinski definition) is 5. The lowest BCUT2D eigenvalue weighted by Crippen LogP contribution is -2.51. The molecule has 8 heteroatoms. The van der Waals surface area contributed by atoms with Crippen molar-refractivity contribution in [2.45, 2.75) is 38.5 Å². The Bertz CT molecular complexity index is 882. The van der Waals surface area contributed by atoms with Crippen molar-refractivity contribution in [3.63, 3.8) is 0 Å². The first kappa shape index (κ1) is 22.3. The first-order valence-electron chi connectivity index (χ1n) is 10.7. The van der Waals surface area contributed by atoms with Crippen molar-refractivity contribution < 1.29 is 14.3 Å². The number of carbonyl (C=O) groups is 1. The molecule has 0 spiro atoms. The third kappa shape index (κ3) is 4.80. The zero-order valence-corrected chi connectivity index (χ0v) is 20.1. The van der Waals surface area contributed by atoms with Gasteiger partial charge in [0.05, 0.1) is 23.2 Å². The third-order valence-corrected chi connectivity index (χ3v) is 7.53. The number of methoxy groups -OCH3 is 1. The van der Waals surface area contributed by atoms with Crippen LogP contribution in [0.5, 0.6) is 11.5 Å². The van der Waals surface area contributed by atoms with Gasteiger partial charge in [0.2, 0.25) is 0 Å². The van der Waals surface area contributed by atoms with Crippen LogP contribution in [-0.4, -0.2) is 31.0 Å². The van der Waals surface area contributed by atoms with Crippen molar-refractivity contribution in [1.82, 2.24) is 10.7 Å². The number of rotatable bonds is 7. The van der Waals surface area contributed by atoms with Crippen LogP contribution >= 0.6 is 28.1 Å². The highest BCUT2D eigenvalue weighted by molar-refractivity contribution is 9.10. The average molecular weight is 506 g/mol. The van der Waals surface area contributed by atoms with E-state index in [-0.39, 0.29) is 11.4 Å². The van der Waals surface area contributed by atoms with Crippen LogP contribution in [-0.2, 0) is 4.79 Å². The zero-order valence-electron chi connectivity index (χ0n) is 17.7. The van der Waals surface area contributed by atoms with Gasteiger partial charge in [0.25, 0.3) is 0 Å². The maximum Gasteiger partial charge on any atom is 0.317 e. The number of benzene rings is 1. The second-order valence-electron chi connectivity index (χ2n) is 8.99. The van der Waals surface area contributed by atoms with E-state index in [0.717, 1.165) is 24.8 Å². The Hall–Kier alpha value is -1.93. The number of carbonyl (C=O) groups excluding carboxylic acids is 1. The fourth-order valence-electron chi connectivity index (χ4n) is 5.84. The molecule has 4 aliphatic carbocycles. The van der Waals surface area contributed by atoms with E-state index < -0.39 is 0 Å². The SMILES string of the molecule is C=CCNC(=S)N/N=C\c1cc(Br)c(OC(=O)C23CC4CC(CC(C4)C2)C3)c(OC)c1. The van der Waals surface area contributed by atoms with E-state index in [9.17, 15) is 4.79 Å². The smallest absolute Gasteiger partial charge is 0.317 e. The normalized spacial score (nSPS) is 28.4. The molecule has 5 rings (SSSR count). The standard InChI is InChI=1S/C23H28BrN3O3S/c1-3-4-25-22(31)27-26-13-17-8-18(24)20(19(9-17)29-2)30-21(28)23-10-14-5-15(11-23)7-16(6-14)12-23/h3,8-9,13-16H,1,4-7,10-12H2,2H3,(H2,25,27,31)/b26-13-. The van der Waals surface area contributed by atoms with Gasteiger partial charge in [-0.25, -0.2) is 0 Å². The Kier molecular flexibility index (Phi) is 6.67. The van der Waals surface area contributed by atoms with Gasteiger partial charge >= 0.3 is 5.97 Å². The van der Waals surface area contributed by atoms with Crippen molar-refractivity contribution in [3.05, 3.63) is 34.8 Å². The van der Waals surface area contributed by atoms with Gasteiger partial charge in [-0.3, -0.25) is 10.2 Å². The Labute approximate surface area is 197 Å². The lowest BCUT2D eigenvalue weighted by molar-refractivity contribution is -0.161. The topological polar surface area (TPSA) is 72.0 Å². The van der Waals surface area contributed by atoms with E-state index in [0.29, 0.717) is 45.4 Å². The molecule has 1 aromatic carbocycles. The minimum atomic E-state index is -0.322. The number of halogens is 1. The summed E-state index contributed by atoms with van der Waals surface area (Å²) in [5, 5.41) is 7.47. The molecule has 4 fully saturated rings. The molecule has 0 unspecified atom stereocenters. The number of ether oxygens (including phenoxy) is 2. The van der Waals surface area contributed by atoms with Crippen LogP contribution in [0, 0.1) is 23.2 Å². The molecule has 4 saturated carbocycles. The van der Waals surface area contributed by atoms with Crippen LogP contribution in [0.4, 0.5) is 0 Å². The molecule has 2 N–H and O–H groups in total. The van der Waals surface area contributed by atoms with Crippen molar-refractivity contribution in [2.75, 3.05) is 13.7 Å². The maximum atomic E-state index is 13.3. The summed E-state index contributed by atoms with van der Waals surface area (Å²) < 4.78 is 12.2. The highest BCUT2D eigenvalue weighted by Crippen LogP contribution is 2.60. The molecule has 1 aromatic rings. The molecule has 0 saturated heterocycles. The van der Waals surface area contributed by atoms with Gasteiger partial charge in [-0.05, 0) is 102 Å². The van der Waals surface area contributed by atoms with Crippen molar-refractivity contribution in [3.8, 4) is 11.5 Å². The van der Waals surface area contributed by atoms with Crippen LogP contribution in [0.15, 0.2) is 34.4 Å². The van der Waals surface area contributed by atoms with Crippen molar-refractivity contribution in [2.24, 2.45) is 28.3 Å². The van der Waals surface area contributed by atoms with E-state index >= 15 is 0 Å². The summed E-state index contributed by atoms with van der Waals surface area (Å²) in [6.07, 6.45) is 10.1. The van der Waals surface area contributed by atoms with Gasteiger partial charge in [-0.1, -0.05) is 6.08 Å². The average Bonchev–Trinajstić information content (AvgIpc) is 2.72. The molecular formula is C23H28BrN3O3S. The lowest BCUT2D eigenvalue weighted by Gasteiger charge is -2.55. The van der Waals surface area contributed by atoms with E-state index in [1.54, 1.807) is 25.5 Å². The van der Waals surface area contributed by atoms with Gasteiger partial charge in [0.15, 0.2) is 16.6 Å². The second-order valence-corrected chi connectivity index (χ2v) is 10.3. The Morgan fingerprint density at radius 2 is 1.94 bits per heavy atom. The predicted molar refractivity (Wildman–Crippen MR) is 128 cm³/mol. The number of nitrogens with zero attached hydrogens (tertiary/aromatic N) is 1. The number of thiocarbonyl (C=S) groups is 1. The van der Waals surface area contributed by atoms with Crippen LogP contribution in [0.25, 0.3) is 0 Å². The molecule has 0 aliphatic heterocycles. The van der Waals surface area contributed by atoms with Gasteiger partial charge in [-0.15, -0.1) is 6.58 Å². The predicted octanol–water partition coefficient (Wildman–Crippen LogP) is 4.56. The molecule has 31 heavy (non-hydrogen) atoms. The molecule has 166 valence electrons. The highest BCUT2D eigenvalue weighted by atomic mass is 79.9. The quantitative estimate of drug-likeness (QED) is 0.141. The molecule has 4 bridgehead atoms. The first-order valence-corrected chi connectivity index (χ1v) is 11.9. The Balaban J connectivity index is 1.47. The first-order chi connectivity index (χ1) is 14.9. The fraction of sp³-hybridized carbons (Fsp3) is 0.522. The minimum absolute atomic E-state index is 0.104. The summed E-state index contributed by atoms with van der Waals surface area (Å²) in [5.74, 6) is 2.86. The maximum absolute atomic E-state index is 13.3. The minimum Gasteiger partial charge on any atom is -0.493 e. The fourth-order valence-corrected chi connectivity index (χ4v) is 6.52. The molecule has 6 nitrogen and oxygen atoms in total. The van der Waals surface area contributed by atoms with Gasteiger partial charge in [-0.2, -0.15) is 5.10 Å².